The fraction of sp³-hybridized carbons (Fsp3) is 0.706. The Labute approximate surface area is 294 Å². The first kappa shape index (κ1) is 41.7. The van der Waals surface area contributed by atoms with Gasteiger partial charge >= 0.3 is 0 Å². The molecule has 2 atom stereocenters. The maximum Gasteiger partial charge on any atom is 0.244 e. The Hall–Kier alpha value is -4.50. The molecule has 2 saturated carbocycles. The number of rotatable bonds is 26. The second kappa shape index (κ2) is 22.3. The third-order valence-corrected chi connectivity index (χ3v) is 8.60. The second-order valence-corrected chi connectivity index (χ2v) is 13.2. The molecule has 280 valence electrons. The van der Waals surface area contributed by atoms with E-state index in [-0.39, 0.29) is 49.7 Å². The Morgan fingerprint density at radius 1 is 0.720 bits per heavy atom. The molecule has 0 bridgehead atoms. The van der Waals surface area contributed by atoms with Crippen molar-refractivity contribution in [2.75, 3.05) is 39.3 Å². The molecule has 0 aromatic rings. The first-order valence-corrected chi connectivity index (χ1v) is 17.7. The molecule has 2 fully saturated rings. The summed E-state index contributed by atoms with van der Waals surface area (Å²) in [6.45, 7) is 2.79. The number of amides is 8. The van der Waals surface area contributed by atoms with Crippen molar-refractivity contribution in [1.29, 1.82) is 0 Å². The summed E-state index contributed by atoms with van der Waals surface area (Å²) in [5, 5.41) is 13.4. The molecular formula is C34H56N8O8. The lowest BCUT2D eigenvalue weighted by molar-refractivity contribution is -0.139. The average Bonchev–Trinajstić information content (AvgIpc) is 3.96. The van der Waals surface area contributed by atoms with Gasteiger partial charge in [-0.15, -0.1) is 0 Å². The molecule has 0 radical (unpaired) electrons. The van der Waals surface area contributed by atoms with E-state index in [0.29, 0.717) is 69.5 Å². The quantitative estimate of drug-likeness (QED) is 0.0445. The predicted octanol–water partition coefficient (Wildman–Crippen LogP) is -0.742. The number of hydrogen-bond acceptors (Lipinski definition) is 8. The fourth-order valence-corrected chi connectivity index (χ4v) is 5.64. The summed E-state index contributed by atoms with van der Waals surface area (Å²) in [4.78, 5) is 98.8. The highest BCUT2D eigenvalue weighted by Crippen LogP contribution is 2.39. The van der Waals surface area contributed by atoms with Crippen LogP contribution in [0, 0.1) is 17.8 Å². The minimum absolute atomic E-state index is 0.0940. The SMILES string of the molecule is CC(=O)NCCCC[C@H](NC(C)=O)C(=O)NCCC(=O)N(CC(=O)NCC/C=C(\C(N)=O)C1CC1)CC(=O)NCCCC[C@@H](C(N)=O)C1CC1. The second-order valence-electron chi connectivity index (χ2n) is 13.2. The molecule has 0 saturated heterocycles. The maximum absolute atomic E-state index is 13.2. The third kappa shape index (κ3) is 17.8. The van der Waals surface area contributed by atoms with Crippen LogP contribution in [0.25, 0.3) is 0 Å². The van der Waals surface area contributed by atoms with Crippen LogP contribution in [0.2, 0.25) is 0 Å². The number of carbonyl (C=O) groups excluding carboxylic acids is 8. The molecule has 0 unspecified atom stereocenters. The fourth-order valence-electron chi connectivity index (χ4n) is 5.64. The zero-order valence-electron chi connectivity index (χ0n) is 29.5. The molecule has 2 aliphatic rings. The average molecular weight is 705 g/mol. The van der Waals surface area contributed by atoms with E-state index in [9.17, 15) is 38.4 Å². The Kier molecular flexibility index (Phi) is 18.6. The van der Waals surface area contributed by atoms with Gasteiger partial charge in [-0.05, 0) is 76.0 Å². The van der Waals surface area contributed by atoms with Crippen molar-refractivity contribution >= 4 is 47.3 Å². The Morgan fingerprint density at radius 2 is 1.32 bits per heavy atom. The lowest BCUT2D eigenvalue weighted by atomic mass is 9.96. The van der Waals surface area contributed by atoms with E-state index in [1.807, 2.05) is 0 Å². The smallest absolute Gasteiger partial charge is 0.244 e. The molecule has 2 rings (SSSR count). The molecular weight excluding hydrogens is 648 g/mol. The number of primary amides is 2. The van der Waals surface area contributed by atoms with Crippen LogP contribution in [0.4, 0.5) is 0 Å². The summed E-state index contributed by atoms with van der Waals surface area (Å²) in [5.74, 6) is -2.94. The van der Waals surface area contributed by atoms with Crippen molar-refractivity contribution < 1.29 is 38.4 Å². The van der Waals surface area contributed by atoms with E-state index in [1.165, 1.54) is 13.8 Å². The minimum atomic E-state index is -0.834. The van der Waals surface area contributed by atoms with Gasteiger partial charge < -0.3 is 43.0 Å². The minimum Gasteiger partial charge on any atom is -0.369 e. The highest BCUT2D eigenvalue weighted by atomic mass is 16.2. The Bertz CT molecular complexity index is 1250. The van der Waals surface area contributed by atoms with Crippen LogP contribution in [-0.2, 0) is 38.4 Å². The molecule has 16 nitrogen and oxygen atoms in total. The van der Waals surface area contributed by atoms with Crippen LogP contribution in [0.15, 0.2) is 11.6 Å². The van der Waals surface area contributed by atoms with E-state index in [4.69, 9.17) is 11.5 Å². The summed E-state index contributed by atoms with van der Waals surface area (Å²) in [6, 6.07) is -0.834. The summed E-state index contributed by atoms with van der Waals surface area (Å²) in [6.07, 6.45) is 9.18. The van der Waals surface area contributed by atoms with Crippen molar-refractivity contribution in [2.45, 2.75) is 96.9 Å². The number of hydrogen-bond donors (Lipinski definition) is 7. The van der Waals surface area contributed by atoms with E-state index >= 15 is 0 Å². The number of carbonyl (C=O) groups is 8. The van der Waals surface area contributed by atoms with Gasteiger partial charge in [-0.2, -0.15) is 0 Å². The highest BCUT2D eigenvalue weighted by molar-refractivity contribution is 5.93. The van der Waals surface area contributed by atoms with Crippen LogP contribution in [0.1, 0.15) is 90.9 Å². The van der Waals surface area contributed by atoms with Gasteiger partial charge in [-0.1, -0.05) is 12.5 Å². The molecule has 50 heavy (non-hydrogen) atoms. The van der Waals surface area contributed by atoms with Gasteiger partial charge in [0.05, 0.1) is 0 Å². The number of unbranched alkanes of at least 4 members (excludes halogenated alkanes) is 2. The maximum atomic E-state index is 13.2. The normalized spacial score (nSPS) is 15.2. The van der Waals surface area contributed by atoms with E-state index < -0.39 is 48.0 Å². The number of nitrogens with zero attached hydrogens (tertiary/aromatic N) is 1. The molecule has 0 aliphatic heterocycles. The summed E-state index contributed by atoms with van der Waals surface area (Å²) >= 11 is 0. The third-order valence-electron chi connectivity index (χ3n) is 8.60. The van der Waals surface area contributed by atoms with Crippen LogP contribution in [-0.4, -0.2) is 97.5 Å². The zero-order chi connectivity index (χ0) is 37.1. The molecule has 2 aliphatic carbocycles. The van der Waals surface area contributed by atoms with Gasteiger partial charge in [0.15, 0.2) is 0 Å². The van der Waals surface area contributed by atoms with Crippen LogP contribution < -0.4 is 38.1 Å². The van der Waals surface area contributed by atoms with E-state index in [0.717, 1.165) is 30.6 Å². The van der Waals surface area contributed by atoms with Gasteiger partial charge in [-0.3, -0.25) is 38.4 Å². The number of nitrogens with two attached hydrogens (primary N) is 2. The molecule has 0 heterocycles. The summed E-state index contributed by atoms with van der Waals surface area (Å²) < 4.78 is 0. The van der Waals surface area contributed by atoms with Crippen LogP contribution in [0.3, 0.4) is 0 Å². The molecule has 0 aromatic carbocycles. The highest BCUT2D eigenvalue weighted by Gasteiger charge is 2.34. The molecule has 8 amide bonds. The van der Waals surface area contributed by atoms with Crippen molar-refractivity contribution in [1.82, 2.24) is 31.5 Å². The van der Waals surface area contributed by atoms with Gasteiger partial charge in [-0.25, -0.2) is 0 Å². The zero-order valence-corrected chi connectivity index (χ0v) is 29.5. The predicted molar refractivity (Wildman–Crippen MR) is 184 cm³/mol. The monoisotopic (exact) mass is 704 g/mol. The molecule has 0 spiro atoms. The van der Waals surface area contributed by atoms with Crippen LogP contribution >= 0.6 is 0 Å². The lowest BCUT2D eigenvalue weighted by Gasteiger charge is -2.22. The topological polar surface area (TPSA) is 252 Å². The first-order valence-electron chi connectivity index (χ1n) is 17.7. The number of nitrogens with one attached hydrogen (secondary N) is 5. The largest absolute Gasteiger partial charge is 0.369 e. The van der Waals surface area contributed by atoms with Crippen molar-refractivity contribution in [3.05, 3.63) is 11.6 Å². The van der Waals surface area contributed by atoms with Gasteiger partial charge in [0.1, 0.15) is 19.1 Å². The van der Waals surface area contributed by atoms with E-state index in [1.54, 1.807) is 6.08 Å². The van der Waals surface area contributed by atoms with Crippen molar-refractivity contribution in [3.63, 3.8) is 0 Å². The molecule has 16 heteroatoms. The van der Waals surface area contributed by atoms with Crippen molar-refractivity contribution in [2.24, 2.45) is 29.2 Å². The van der Waals surface area contributed by atoms with E-state index in [2.05, 4.69) is 26.6 Å². The van der Waals surface area contributed by atoms with Gasteiger partial charge in [0, 0.05) is 57.9 Å². The summed E-state index contributed by atoms with van der Waals surface area (Å²) in [7, 11) is 0. The van der Waals surface area contributed by atoms with Crippen molar-refractivity contribution in [3.8, 4) is 0 Å². The van der Waals surface area contributed by atoms with Crippen LogP contribution in [0.5, 0.6) is 0 Å². The van der Waals surface area contributed by atoms with Gasteiger partial charge in [0.25, 0.3) is 0 Å². The molecule has 0 aromatic heterocycles. The first-order chi connectivity index (χ1) is 23.8. The Morgan fingerprint density at radius 3 is 1.86 bits per heavy atom. The molecule has 9 N–H and O–H groups in total. The standard InChI is InChI=1S/C34H56N8O8/c1-22(43)37-16-6-4-10-28(41-23(2)44)34(50)40-19-15-31(47)42(21-30(46)39-18-7-9-27(33(36)49)25-13-14-25)20-29(45)38-17-5-3-8-26(32(35)48)24-11-12-24/h9,24-26,28H,3-8,10-21H2,1-2H3,(H2,35,48)(H2,36,49)(H,37,43)(H,38,45)(H,39,46)(H,40,50)(H,41,44)/b27-9-/t26-,28+/m1/s1. The lowest BCUT2D eigenvalue weighted by Crippen LogP contribution is -2.48. The van der Waals surface area contributed by atoms with Gasteiger partial charge in [0.2, 0.25) is 47.3 Å². The Balaban J connectivity index is 1.89. The summed E-state index contributed by atoms with van der Waals surface area (Å²) in [5.41, 5.74) is 11.5.